The number of hydrogen-bond acceptors (Lipinski definition) is 2. The van der Waals surface area contributed by atoms with Crippen molar-refractivity contribution in [3.05, 3.63) is 35.4 Å². The van der Waals surface area contributed by atoms with Gasteiger partial charge in [-0.2, -0.15) is 0 Å². The Morgan fingerprint density at radius 2 is 1.91 bits per heavy atom. The largest absolute Gasteiger partial charge is 0.262 e. The Bertz CT molecular complexity index is 223. The molecule has 1 N–H and O–H groups in total. The molecule has 0 radical (unpaired) electrons. The zero-order chi connectivity index (χ0) is 8.10. The number of benzene rings is 1. The summed E-state index contributed by atoms with van der Waals surface area (Å²) >= 11 is 3.97. The molecule has 1 nitrogen and oxygen atoms in total. The van der Waals surface area contributed by atoms with Gasteiger partial charge in [0.1, 0.15) is 0 Å². The van der Waals surface area contributed by atoms with Crippen LogP contribution in [-0.4, -0.2) is 0 Å². The summed E-state index contributed by atoms with van der Waals surface area (Å²) in [6.07, 6.45) is 1.09. The predicted molar refractivity (Wildman–Crippen MR) is 51.6 cm³/mol. The van der Waals surface area contributed by atoms with Crippen molar-refractivity contribution in [2.75, 3.05) is 0 Å². The van der Waals surface area contributed by atoms with Crippen LogP contribution in [0.2, 0.25) is 0 Å². The summed E-state index contributed by atoms with van der Waals surface area (Å²) in [5.74, 6) is 0. The third-order valence-corrected chi connectivity index (χ3v) is 1.93. The molecule has 1 aromatic carbocycles. The van der Waals surface area contributed by atoms with Crippen molar-refractivity contribution in [2.24, 2.45) is 0 Å². The lowest BCUT2D eigenvalue weighted by molar-refractivity contribution is 0.947. The third-order valence-electron chi connectivity index (χ3n) is 1.77. The molecule has 0 spiro atoms. The molecule has 60 valence electrons. The Morgan fingerprint density at radius 1 is 1.27 bits per heavy atom. The van der Waals surface area contributed by atoms with Crippen LogP contribution in [0.5, 0.6) is 0 Å². The molecule has 1 rings (SSSR count). The van der Waals surface area contributed by atoms with Crippen LogP contribution in [0.4, 0.5) is 0 Å². The predicted octanol–water partition coefficient (Wildman–Crippen LogP) is 2.18. The molecule has 0 fully saturated rings. The second-order valence-electron chi connectivity index (χ2n) is 2.46. The smallest absolute Gasteiger partial charge is 0.0310 e. The van der Waals surface area contributed by atoms with Crippen molar-refractivity contribution in [1.82, 2.24) is 4.72 Å². The summed E-state index contributed by atoms with van der Waals surface area (Å²) < 4.78 is 2.85. The van der Waals surface area contributed by atoms with Gasteiger partial charge in [-0.1, -0.05) is 44.0 Å². The lowest BCUT2D eigenvalue weighted by Gasteiger charge is -2.04. The van der Waals surface area contributed by atoms with Crippen LogP contribution >= 0.6 is 12.8 Å². The maximum Gasteiger partial charge on any atom is 0.0310 e. The van der Waals surface area contributed by atoms with E-state index in [4.69, 9.17) is 0 Å². The van der Waals surface area contributed by atoms with E-state index in [1.165, 1.54) is 11.1 Å². The van der Waals surface area contributed by atoms with Crippen molar-refractivity contribution in [1.29, 1.82) is 0 Å². The molecule has 0 bridgehead atoms. The Balaban J connectivity index is 2.83. The van der Waals surface area contributed by atoms with Gasteiger partial charge in [0.05, 0.1) is 0 Å². The topological polar surface area (TPSA) is 12.0 Å². The fourth-order valence-corrected chi connectivity index (χ4v) is 1.33. The van der Waals surface area contributed by atoms with Gasteiger partial charge >= 0.3 is 0 Å². The molecule has 0 amide bonds. The molecular formula is C9H13NS. The molecule has 0 unspecified atom stereocenters. The van der Waals surface area contributed by atoms with Gasteiger partial charge in [-0.05, 0) is 17.5 Å². The van der Waals surface area contributed by atoms with Gasteiger partial charge in [0.2, 0.25) is 0 Å². The summed E-state index contributed by atoms with van der Waals surface area (Å²) in [6.45, 7) is 3.00. The Kier molecular flexibility index (Phi) is 3.46. The number of thiol groups is 1. The van der Waals surface area contributed by atoms with Crippen molar-refractivity contribution in [2.45, 2.75) is 19.9 Å². The molecule has 0 aliphatic rings. The Hall–Kier alpha value is -0.470. The van der Waals surface area contributed by atoms with E-state index in [1.807, 2.05) is 0 Å². The van der Waals surface area contributed by atoms with E-state index < -0.39 is 0 Å². The quantitative estimate of drug-likeness (QED) is 0.658. The van der Waals surface area contributed by atoms with E-state index in [2.05, 4.69) is 48.7 Å². The van der Waals surface area contributed by atoms with Gasteiger partial charge in [0, 0.05) is 6.54 Å². The van der Waals surface area contributed by atoms with Crippen molar-refractivity contribution >= 4 is 12.8 Å². The molecule has 0 saturated heterocycles. The minimum absolute atomic E-state index is 0.840. The first-order chi connectivity index (χ1) is 5.38. The van der Waals surface area contributed by atoms with Crippen molar-refractivity contribution in [3.8, 4) is 0 Å². The highest BCUT2D eigenvalue weighted by Gasteiger charge is 1.96. The first kappa shape index (κ1) is 8.62. The van der Waals surface area contributed by atoms with Crippen LogP contribution in [0.25, 0.3) is 0 Å². The summed E-state index contributed by atoms with van der Waals surface area (Å²) in [4.78, 5) is 0. The number of rotatable bonds is 3. The highest BCUT2D eigenvalue weighted by molar-refractivity contribution is 7.78. The zero-order valence-corrected chi connectivity index (χ0v) is 7.57. The number of aryl methyl sites for hydroxylation is 1. The van der Waals surface area contributed by atoms with Crippen molar-refractivity contribution < 1.29 is 0 Å². The van der Waals surface area contributed by atoms with Crippen molar-refractivity contribution in [3.63, 3.8) is 0 Å². The lowest BCUT2D eigenvalue weighted by atomic mass is 10.1. The Labute approximate surface area is 73.4 Å². The molecule has 11 heavy (non-hydrogen) atoms. The second kappa shape index (κ2) is 4.42. The molecule has 0 saturated carbocycles. The van der Waals surface area contributed by atoms with Gasteiger partial charge < -0.3 is 0 Å². The zero-order valence-electron chi connectivity index (χ0n) is 6.67. The highest BCUT2D eigenvalue weighted by Crippen LogP contribution is 2.08. The summed E-state index contributed by atoms with van der Waals surface area (Å²) in [5.41, 5.74) is 2.74. The fourth-order valence-electron chi connectivity index (χ4n) is 1.16. The van der Waals surface area contributed by atoms with E-state index in [0.717, 1.165) is 13.0 Å². The molecule has 0 aromatic heterocycles. The van der Waals surface area contributed by atoms with E-state index in [0.29, 0.717) is 0 Å². The van der Waals surface area contributed by atoms with Gasteiger partial charge in [0.25, 0.3) is 0 Å². The van der Waals surface area contributed by atoms with E-state index in [1.54, 1.807) is 0 Å². The Morgan fingerprint density at radius 3 is 2.45 bits per heavy atom. The lowest BCUT2D eigenvalue weighted by Crippen LogP contribution is -2.01. The van der Waals surface area contributed by atoms with Crippen LogP contribution in [0.1, 0.15) is 18.1 Å². The summed E-state index contributed by atoms with van der Waals surface area (Å²) in [7, 11) is 0. The monoisotopic (exact) mass is 167 g/mol. The molecule has 0 aliphatic carbocycles. The molecule has 0 aliphatic heterocycles. The summed E-state index contributed by atoms with van der Waals surface area (Å²) in [5, 5.41) is 0. The fraction of sp³-hybridized carbons (Fsp3) is 0.333. The van der Waals surface area contributed by atoms with Crippen LogP contribution in [0.15, 0.2) is 24.3 Å². The molecular weight excluding hydrogens is 154 g/mol. The second-order valence-corrected chi connectivity index (χ2v) is 2.77. The van der Waals surface area contributed by atoms with Crippen LogP contribution < -0.4 is 4.72 Å². The molecule has 2 heteroatoms. The SMILES string of the molecule is CCc1ccccc1CNS. The molecule has 0 atom stereocenters. The van der Waals surface area contributed by atoms with Crippen LogP contribution in [0.3, 0.4) is 0 Å². The van der Waals surface area contributed by atoms with Crippen LogP contribution in [0, 0.1) is 0 Å². The average molecular weight is 167 g/mol. The maximum absolute atomic E-state index is 3.97. The van der Waals surface area contributed by atoms with Gasteiger partial charge in [-0.25, -0.2) is 0 Å². The van der Waals surface area contributed by atoms with Gasteiger partial charge in [-0.15, -0.1) is 0 Å². The van der Waals surface area contributed by atoms with E-state index in [9.17, 15) is 0 Å². The minimum Gasteiger partial charge on any atom is -0.262 e. The van der Waals surface area contributed by atoms with E-state index >= 15 is 0 Å². The average Bonchev–Trinajstić information content (AvgIpc) is 2.06. The first-order valence-corrected chi connectivity index (χ1v) is 4.27. The normalized spacial score (nSPS) is 10.0. The van der Waals surface area contributed by atoms with Gasteiger partial charge in [0.15, 0.2) is 0 Å². The number of hydrogen-bond donors (Lipinski definition) is 2. The highest BCUT2D eigenvalue weighted by atomic mass is 32.1. The third kappa shape index (κ3) is 2.24. The molecule has 0 heterocycles. The van der Waals surface area contributed by atoms with Gasteiger partial charge in [-0.3, -0.25) is 4.72 Å². The van der Waals surface area contributed by atoms with Crippen LogP contribution in [-0.2, 0) is 13.0 Å². The maximum atomic E-state index is 3.97. The molecule has 1 aromatic rings. The van der Waals surface area contributed by atoms with E-state index in [-0.39, 0.29) is 0 Å². The standard InChI is InChI=1S/C9H13NS/c1-2-8-5-3-4-6-9(8)7-10-11/h3-6,10-11H,2,7H2,1H3. The minimum atomic E-state index is 0.840. The number of nitrogens with one attached hydrogen (secondary N) is 1. The first-order valence-electron chi connectivity index (χ1n) is 3.82. The summed E-state index contributed by atoms with van der Waals surface area (Å²) in [6, 6.07) is 8.41.